The maximum atomic E-state index is 14.7. The molecule has 1 aliphatic carbocycles. The molecule has 1 heterocycles. The Morgan fingerprint density at radius 3 is 2.33 bits per heavy atom. The number of hydrogen-bond donors (Lipinski definition) is 1. The number of carbonyl (C=O) groups is 2. The van der Waals surface area contributed by atoms with E-state index in [1.165, 1.54) is 23.8 Å². The van der Waals surface area contributed by atoms with Crippen molar-refractivity contribution < 1.29 is 14.0 Å². The minimum absolute atomic E-state index is 0.0214. The number of amides is 2. The third kappa shape index (κ3) is 5.94. The third-order valence-corrected chi connectivity index (χ3v) is 5.80. The number of rotatable bonds is 10. The summed E-state index contributed by atoms with van der Waals surface area (Å²) in [5.41, 5.74) is 2.42. The summed E-state index contributed by atoms with van der Waals surface area (Å²) in [5.74, 6) is -1.55. The number of aryl methyl sites for hydroxylation is 1. The molecule has 7 nitrogen and oxygen atoms in total. The zero-order chi connectivity index (χ0) is 24.7. The number of carbonyl (C=O) groups excluding carboxylic acids is 2. The molecule has 33 heavy (non-hydrogen) atoms. The van der Waals surface area contributed by atoms with E-state index in [1.54, 1.807) is 13.0 Å². The molecule has 8 heteroatoms. The Labute approximate surface area is 195 Å². The van der Waals surface area contributed by atoms with Crippen molar-refractivity contribution in [2.45, 2.75) is 72.0 Å². The number of nitrogens with one attached hydrogen (secondary N) is 1. The van der Waals surface area contributed by atoms with E-state index in [0.29, 0.717) is 17.0 Å². The summed E-state index contributed by atoms with van der Waals surface area (Å²) in [4.78, 5) is 28.3. The maximum absolute atomic E-state index is 14.7. The summed E-state index contributed by atoms with van der Waals surface area (Å²) in [7, 11) is 0. The molecule has 1 aliphatic rings. The SMILES string of the molecule is C=CC(=C(C)C)C(C(=O)NC1CCCC1)N(C(=O)Cn1nnc(C)c1C=C)C(C=C)=C(C)F. The third-order valence-electron chi connectivity index (χ3n) is 5.80. The predicted octanol–water partition coefficient (Wildman–Crippen LogP) is 4.39. The van der Waals surface area contributed by atoms with Crippen molar-refractivity contribution in [1.29, 1.82) is 0 Å². The standard InChI is InChI=1S/C25H34FN5O2/c1-8-20(16(4)5)24(25(33)27-19-13-11-12-14-19)31(21(9-2)17(6)26)23(32)15-30-22(10-3)18(7)28-29-30/h8-10,19,24H,1-3,11-15H2,4-7H3,(H,27,33). The largest absolute Gasteiger partial charge is 0.351 e. The van der Waals surface area contributed by atoms with Gasteiger partial charge in [-0.1, -0.05) is 49.4 Å². The summed E-state index contributed by atoms with van der Waals surface area (Å²) < 4.78 is 16.0. The quantitative estimate of drug-likeness (QED) is 0.531. The number of nitrogens with zero attached hydrogens (tertiary/aromatic N) is 4. The molecular formula is C25H34FN5O2. The van der Waals surface area contributed by atoms with Gasteiger partial charge in [0.15, 0.2) is 0 Å². The van der Waals surface area contributed by atoms with Gasteiger partial charge in [-0.3, -0.25) is 14.5 Å². The van der Waals surface area contributed by atoms with E-state index in [9.17, 15) is 14.0 Å². The molecule has 1 fully saturated rings. The Bertz CT molecular complexity index is 990. The molecule has 2 amide bonds. The van der Waals surface area contributed by atoms with Gasteiger partial charge in [-0.05, 0) is 58.3 Å². The number of hydrogen-bond acceptors (Lipinski definition) is 4. The summed E-state index contributed by atoms with van der Waals surface area (Å²) in [6.45, 7) is 17.7. The number of aromatic nitrogens is 3. The van der Waals surface area contributed by atoms with Crippen LogP contribution in [0.25, 0.3) is 6.08 Å². The molecule has 0 saturated heterocycles. The van der Waals surface area contributed by atoms with E-state index in [1.807, 2.05) is 13.8 Å². The minimum Gasteiger partial charge on any atom is -0.351 e. The first-order valence-corrected chi connectivity index (χ1v) is 11.1. The Balaban J connectivity index is 2.60. The van der Waals surface area contributed by atoms with Crippen LogP contribution in [-0.2, 0) is 16.1 Å². The molecule has 1 unspecified atom stereocenters. The van der Waals surface area contributed by atoms with Gasteiger partial charge in [0.1, 0.15) is 18.4 Å². The van der Waals surface area contributed by atoms with Gasteiger partial charge in [-0.15, -0.1) is 5.10 Å². The predicted molar refractivity (Wildman–Crippen MR) is 128 cm³/mol. The molecule has 1 N–H and O–H groups in total. The Morgan fingerprint density at radius 1 is 1.21 bits per heavy atom. The van der Waals surface area contributed by atoms with Gasteiger partial charge < -0.3 is 5.32 Å². The Hall–Kier alpha value is -3.29. The summed E-state index contributed by atoms with van der Waals surface area (Å²) in [6.07, 6.45) is 8.15. The van der Waals surface area contributed by atoms with Gasteiger partial charge in [-0.2, -0.15) is 0 Å². The van der Waals surface area contributed by atoms with Crippen LogP contribution in [-0.4, -0.2) is 43.8 Å². The van der Waals surface area contributed by atoms with Crippen molar-refractivity contribution >= 4 is 17.9 Å². The van der Waals surface area contributed by atoms with E-state index >= 15 is 0 Å². The monoisotopic (exact) mass is 455 g/mol. The van der Waals surface area contributed by atoms with E-state index in [4.69, 9.17) is 0 Å². The molecular weight excluding hydrogens is 421 g/mol. The molecule has 0 bridgehead atoms. The second-order valence-corrected chi connectivity index (χ2v) is 8.36. The Morgan fingerprint density at radius 2 is 1.85 bits per heavy atom. The van der Waals surface area contributed by atoms with Gasteiger partial charge in [0.05, 0.1) is 17.1 Å². The average molecular weight is 456 g/mol. The zero-order valence-corrected chi connectivity index (χ0v) is 20.0. The summed E-state index contributed by atoms with van der Waals surface area (Å²) in [6, 6.07) is -1.09. The van der Waals surface area contributed by atoms with E-state index < -0.39 is 17.8 Å². The van der Waals surface area contributed by atoms with Gasteiger partial charge in [0.2, 0.25) is 11.8 Å². The average Bonchev–Trinajstić information content (AvgIpc) is 3.39. The van der Waals surface area contributed by atoms with Crippen LogP contribution in [0.3, 0.4) is 0 Å². The lowest BCUT2D eigenvalue weighted by molar-refractivity contribution is -0.137. The summed E-state index contributed by atoms with van der Waals surface area (Å²) in [5, 5.41) is 11.0. The number of halogens is 1. The fourth-order valence-electron chi connectivity index (χ4n) is 4.14. The van der Waals surface area contributed by atoms with E-state index in [0.717, 1.165) is 36.2 Å². The highest BCUT2D eigenvalue weighted by Gasteiger charge is 2.36. The molecule has 1 saturated carbocycles. The number of allylic oxidation sites excluding steroid dienone is 3. The first kappa shape index (κ1) is 26.0. The molecule has 0 aromatic carbocycles. The van der Waals surface area contributed by atoms with E-state index in [2.05, 4.69) is 35.4 Å². The molecule has 1 atom stereocenters. The molecule has 2 rings (SSSR count). The van der Waals surface area contributed by atoms with Gasteiger partial charge in [-0.25, -0.2) is 9.07 Å². The van der Waals surface area contributed by atoms with Crippen molar-refractivity contribution in [3.63, 3.8) is 0 Å². The van der Waals surface area contributed by atoms with E-state index in [-0.39, 0.29) is 24.2 Å². The van der Waals surface area contributed by atoms with Crippen molar-refractivity contribution in [3.8, 4) is 0 Å². The molecule has 1 aromatic rings. The van der Waals surface area contributed by atoms with Crippen LogP contribution < -0.4 is 5.32 Å². The summed E-state index contributed by atoms with van der Waals surface area (Å²) >= 11 is 0. The topological polar surface area (TPSA) is 80.1 Å². The highest BCUT2D eigenvalue weighted by atomic mass is 19.1. The second-order valence-electron chi connectivity index (χ2n) is 8.36. The van der Waals surface area contributed by atoms with Crippen LogP contribution in [0.15, 0.2) is 54.6 Å². The molecule has 0 aliphatic heterocycles. The maximum Gasteiger partial charge on any atom is 0.249 e. The fourth-order valence-corrected chi connectivity index (χ4v) is 4.14. The molecule has 1 aromatic heterocycles. The van der Waals surface area contributed by atoms with Crippen LogP contribution in [0.4, 0.5) is 4.39 Å². The lowest BCUT2D eigenvalue weighted by Gasteiger charge is -2.34. The molecule has 0 radical (unpaired) electrons. The smallest absolute Gasteiger partial charge is 0.249 e. The highest BCUT2D eigenvalue weighted by molar-refractivity contribution is 5.92. The van der Waals surface area contributed by atoms with Crippen LogP contribution in [0.2, 0.25) is 0 Å². The Kier molecular flexibility index (Phi) is 9.08. The fraction of sp³-hybridized carbons (Fsp3) is 0.440. The van der Waals surface area contributed by atoms with Crippen LogP contribution in [0.5, 0.6) is 0 Å². The van der Waals surface area contributed by atoms with Gasteiger partial charge in [0, 0.05) is 6.04 Å². The lowest BCUT2D eigenvalue weighted by Crippen LogP contribution is -2.52. The molecule has 178 valence electrons. The minimum atomic E-state index is -1.11. The first-order valence-electron chi connectivity index (χ1n) is 11.1. The van der Waals surface area contributed by atoms with Crippen LogP contribution >= 0.6 is 0 Å². The van der Waals surface area contributed by atoms with Crippen molar-refractivity contribution in [1.82, 2.24) is 25.2 Å². The van der Waals surface area contributed by atoms with Gasteiger partial charge in [0.25, 0.3) is 0 Å². The lowest BCUT2D eigenvalue weighted by atomic mass is 9.98. The highest BCUT2D eigenvalue weighted by Crippen LogP contribution is 2.26. The molecule has 0 spiro atoms. The second kappa shape index (κ2) is 11.5. The van der Waals surface area contributed by atoms with Crippen LogP contribution in [0, 0.1) is 6.92 Å². The van der Waals surface area contributed by atoms with Crippen molar-refractivity contribution in [2.24, 2.45) is 0 Å². The zero-order valence-electron chi connectivity index (χ0n) is 20.0. The van der Waals surface area contributed by atoms with Crippen LogP contribution in [0.1, 0.15) is 57.8 Å². The van der Waals surface area contributed by atoms with Gasteiger partial charge >= 0.3 is 0 Å². The van der Waals surface area contributed by atoms with Crippen molar-refractivity contribution in [2.75, 3.05) is 0 Å². The normalized spacial score (nSPS) is 15.3. The van der Waals surface area contributed by atoms with Crippen molar-refractivity contribution in [3.05, 3.63) is 65.9 Å². The first-order chi connectivity index (χ1) is 15.7.